The SMILES string of the molecule is N#Cc1cccc(NC(=O)c2cc(C(=O)Nc3ccc(Cl)cc3)ccn2)c1. The molecule has 0 aliphatic carbocycles. The van der Waals surface area contributed by atoms with Gasteiger partial charge in [0, 0.05) is 28.2 Å². The number of aromatic nitrogens is 1. The van der Waals surface area contributed by atoms with Crippen molar-refractivity contribution in [2.45, 2.75) is 0 Å². The van der Waals surface area contributed by atoms with Gasteiger partial charge in [-0.2, -0.15) is 5.26 Å². The molecule has 6 nitrogen and oxygen atoms in total. The van der Waals surface area contributed by atoms with E-state index in [2.05, 4.69) is 15.6 Å². The molecule has 0 saturated heterocycles. The normalized spacial score (nSPS) is 9.93. The standard InChI is InChI=1S/C20H13ClN4O2/c21-15-4-6-16(7-5-15)24-19(26)14-8-9-23-18(11-14)20(27)25-17-3-1-2-13(10-17)12-22/h1-11H,(H,24,26)(H,25,27). The van der Waals surface area contributed by atoms with Crippen molar-refractivity contribution < 1.29 is 9.59 Å². The summed E-state index contributed by atoms with van der Waals surface area (Å²) in [4.78, 5) is 28.8. The third-order valence-electron chi connectivity index (χ3n) is 3.61. The monoisotopic (exact) mass is 376 g/mol. The van der Waals surface area contributed by atoms with E-state index in [9.17, 15) is 9.59 Å². The maximum absolute atomic E-state index is 12.4. The molecule has 0 atom stereocenters. The number of hydrogen-bond donors (Lipinski definition) is 2. The van der Waals surface area contributed by atoms with Crippen LogP contribution in [0.3, 0.4) is 0 Å². The summed E-state index contributed by atoms with van der Waals surface area (Å²) in [5.41, 5.74) is 1.85. The van der Waals surface area contributed by atoms with E-state index in [-0.39, 0.29) is 17.2 Å². The maximum atomic E-state index is 12.4. The topological polar surface area (TPSA) is 94.9 Å². The predicted octanol–water partition coefficient (Wildman–Crippen LogP) is 4.11. The van der Waals surface area contributed by atoms with Crippen molar-refractivity contribution in [1.82, 2.24) is 4.98 Å². The van der Waals surface area contributed by atoms with Crippen LogP contribution in [0.2, 0.25) is 5.02 Å². The molecule has 0 aliphatic heterocycles. The fraction of sp³-hybridized carbons (Fsp3) is 0. The molecule has 2 N–H and O–H groups in total. The number of carbonyl (C=O) groups excluding carboxylic acids is 2. The number of nitrogens with zero attached hydrogens (tertiary/aromatic N) is 2. The number of halogens is 1. The van der Waals surface area contributed by atoms with Crippen LogP contribution in [0, 0.1) is 11.3 Å². The number of hydrogen-bond acceptors (Lipinski definition) is 4. The number of rotatable bonds is 4. The largest absolute Gasteiger partial charge is 0.322 e. The van der Waals surface area contributed by atoms with Gasteiger partial charge in [-0.05, 0) is 54.6 Å². The van der Waals surface area contributed by atoms with Crippen LogP contribution >= 0.6 is 11.6 Å². The van der Waals surface area contributed by atoms with Crippen molar-refractivity contribution in [3.05, 3.63) is 88.7 Å². The first-order chi connectivity index (χ1) is 13.0. The molecule has 7 heteroatoms. The number of nitrogens with one attached hydrogen (secondary N) is 2. The van der Waals surface area contributed by atoms with Gasteiger partial charge in [0.15, 0.2) is 0 Å². The third kappa shape index (κ3) is 4.69. The molecule has 3 aromatic rings. The molecule has 1 aromatic heterocycles. The zero-order chi connectivity index (χ0) is 19.2. The minimum absolute atomic E-state index is 0.0844. The zero-order valence-corrected chi connectivity index (χ0v) is 14.7. The second kappa shape index (κ2) is 8.13. The van der Waals surface area contributed by atoms with Crippen LogP contribution in [0.1, 0.15) is 26.4 Å². The smallest absolute Gasteiger partial charge is 0.274 e. The Morgan fingerprint density at radius 1 is 0.926 bits per heavy atom. The summed E-state index contributed by atoms with van der Waals surface area (Å²) >= 11 is 5.82. The molecule has 0 spiro atoms. The van der Waals surface area contributed by atoms with Gasteiger partial charge < -0.3 is 10.6 Å². The summed E-state index contributed by atoms with van der Waals surface area (Å²) in [5, 5.41) is 14.9. The van der Waals surface area contributed by atoms with E-state index in [4.69, 9.17) is 16.9 Å². The lowest BCUT2D eigenvalue weighted by molar-refractivity contribution is 0.102. The summed E-state index contributed by atoms with van der Waals surface area (Å²) in [6.45, 7) is 0. The second-order valence-corrected chi connectivity index (χ2v) is 5.97. The molecule has 0 radical (unpaired) electrons. The Morgan fingerprint density at radius 3 is 2.41 bits per heavy atom. The Balaban J connectivity index is 1.74. The second-order valence-electron chi connectivity index (χ2n) is 5.54. The van der Waals surface area contributed by atoms with E-state index < -0.39 is 5.91 Å². The number of anilines is 2. The van der Waals surface area contributed by atoms with Crippen LogP contribution in [0.5, 0.6) is 0 Å². The zero-order valence-electron chi connectivity index (χ0n) is 13.9. The van der Waals surface area contributed by atoms with Crippen molar-refractivity contribution in [2.75, 3.05) is 10.6 Å². The van der Waals surface area contributed by atoms with E-state index in [1.807, 2.05) is 6.07 Å². The van der Waals surface area contributed by atoms with Gasteiger partial charge in [0.05, 0.1) is 11.6 Å². The Morgan fingerprint density at radius 2 is 1.67 bits per heavy atom. The number of pyridine rings is 1. The summed E-state index contributed by atoms with van der Waals surface area (Å²) in [6, 6.07) is 18.1. The van der Waals surface area contributed by atoms with Crippen molar-refractivity contribution in [3.8, 4) is 6.07 Å². The number of amides is 2. The van der Waals surface area contributed by atoms with E-state index in [0.717, 1.165) is 0 Å². The molecular weight excluding hydrogens is 364 g/mol. The van der Waals surface area contributed by atoms with Crippen molar-refractivity contribution in [1.29, 1.82) is 5.26 Å². The van der Waals surface area contributed by atoms with Gasteiger partial charge in [-0.25, -0.2) is 0 Å². The van der Waals surface area contributed by atoms with Crippen molar-refractivity contribution in [3.63, 3.8) is 0 Å². The maximum Gasteiger partial charge on any atom is 0.274 e. The Bertz CT molecular complexity index is 1040. The molecule has 27 heavy (non-hydrogen) atoms. The fourth-order valence-corrected chi connectivity index (χ4v) is 2.42. The van der Waals surface area contributed by atoms with Crippen LogP contribution < -0.4 is 10.6 Å². The van der Waals surface area contributed by atoms with Crippen LogP contribution in [0.25, 0.3) is 0 Å². The minimum atomic E-state index is -0.480. The van der Waals surface area contributed by atoms with E-state index >= 15 is 0 Å². The highest BCUT2D eigenvalue weighted by atomic mass is 35.5. The van der Waals surface area contributed by atoms with E-state index in [1.54, 1.807) is 48.5 Å². The molecule has 2 aromatic carbocycles. The average molecular weight is 377 g/mol. The highest BCUT2D eigenvalue weighted by Crippen LogP contribution is 2.15. The van der Waals surface area contributed by atoms with Gasteiger partial charge in [-0.1, -0.05) is 17.7 Å². The highest BCUT2D eigenvalue weighted by molar-refractivity contribution is 6.30. The van der Waals surface area contributed by atoms with Gasteiger partial charge in [-0.3, -0.25) is 14.6 Å². The molecule has 132 valence electrons. The molecule has 0 bridgehead atoms. The Kier molecular flexibility index (Phi) is 5.45. The van der Waals surface area contributed by atoms with Crippen molar-refractivity contribution >= 4 is 34.8 Å². The lowest BCUT2D eigenvalue weighted by atomic mass is 10.2. The van der Waals surface area contributed by atoms with Crippen LogP contribution in [-0.2, 0) is 0 Å². The first kappa shape index (κ1) is 18.1. The lowest BCUT2D eigenvalue weighted by Gasteiger charge is -2.08. The fourth-order valence-electron chi connectivity index (χ4n) is 2.29. The molecule has 0 fully saturated rings. The summed E-state index contributed by atoms with van der Waals surface area (Å²) < 4.78 is 0. The molecular formula is C20H13ClN4O2. The molecule has 0 aliphatic rings. The molecule has 0 unspecified atom stereocenters. The van der Waals surface area contributed by atoms with Gasteiger partial charge in [0.25, 0.3) is 11.8 Å². The third-order valence-corrected chi connectivity index (χ3v) is 3.86. The lowest BCUT2D eigenvalue weighted by Crippen LogP contribution is -2.17. The minimum Gasteiger partial charge on any atom is -0.322 e. The molecule has 0 saturated carbocycles. The quantitative estimate of drug-likeness (QED) is 0.716. The molecule has 1 heterocycles. The number of nitriles is 1. The molecule has 3 rings (SSSR count). The summed E-state index contributed by atoms with van der Waals surface area (Å²) in [7, 11) is 0. The van der Waals surface area contributed by atoms with Gasteiger partial charge in [0.1, 0.15) is 5.69 Å². The van der Waals surface area contributed by atoms with E-state index in [1.165, 1.54) is 18.3 Å². The number of carbonyl (C=O) groups is 2. The van der Waals surface area contributed by atoms with Crippen LogP contribution in [0.15, 0.2) is 66.9 Å². The summed E-state index contributed by atoms with van der Waals surface area (Å²) in [5.74, 6) is -0.855. The highest BCUT2D eigenvalue weighted by Gasteiger charge is 2.13. The van der Waals surface area contributed by atoms with Crippen LogP contribution in [-0.4, -0.2) is 16.8 Å². The van der Waals surface area contributed by atoms with Gasteiger partial charge in [-0.15, -0.1) is 0 Å². The predicted molar refractivity (Wildman–Crippen MR) is 103 cm³/mol. The first-order valence-corrected chi connectivity index (χ1v) is 8.27. The Hall–Kier alpha value is -3.69. The first-order valence-electron chi connectivity index (χ1n) is 7.89. The Labute approximate surface area is 160 Å². The van der Waals surface area contributed by atoms with E-state index in [0.29, 0.717) is 22.0 Å². The van der Waals surface area contributed by atoms with Gasteiger partial charge >= 0.3 is 0 Å². The van der Waals surface area contributed by atoms with Gasteiger partial charge in [0.2, 0.25) is 0 Å². The summed E-state index contributed by atoms with van der Waals surface area (Å²) in [6.07, 6.45) is 1.39. The number of benzene rings is 2. The molecule has 2 amide bonds. The van der Waals surface area contributed by atoms with Crippen LogP contribution in [0.4, 0.5) is 11.4 Å². The van der Waals surface area contributed by atoms with Crippen molar-refractivity contribution in [2.24, 2.45) is 0 Å². The average Bonchev–Trinajstić information content (AvgIpc) is 2.70.